The predicted molar refractivity (Wildman–Crippen MR) is 81.7 cm³/mol. The molecule has 5 nitrogen and oxygen atoms in total. The Morgan fingerprint density at radius 1 is 1.45 bits per heavy atom. The maximum Gasteiger partial charge on any atom is 0.270 e. The van der Waals surface area contributed by atoms with Gasteiger partial charge in [0.15, 0.2) is 0 Å². The average Bonchev–Trinajstić information content (AvgIpc) is 3.03. The van der Waals surface area contributed by atoms with Gasteiger partial charge >= 0.3 is 0 Å². The topological polar surface area (TPSA) is 54.5 Å². The van der Waals surface area contributed by atoms with E-state index in [0.717, 1.165) is 26.2 Å². The fourth-order valence-electron chi connectivity index (χ4n) is 3.09. The van der Waals surface area contributed by atoms with Crippen molar-refractivity contribution in [3.05, 3.63) is 18.0 Å². The quantitative estimate of drug-likeness (QED) is 0.891. The molecule has 0 radical (unpaired) electrons. The normalized spacial score (nSPS) is 19.4. The van der Waals surface area contributed by atoms with Gasteiger partial charge in [0.1, 0.15) is 5.69 Å². The third-order valence-electron chi connectivity index (χ3n) is 4.21. The van der Waals surface area contributed by atoms with Gasteiger partial charge < -0.3 is 15.2 Å². The van der Waals surface area contributed by atoms with Crippen molar-refractivity contribution in [2.45, 2.75) is 39.3 Å². The minimum atomic E-state index is 0.0616. The van der Waals surface area contributed by atoms with Crippen molar-refractivity contribution < 1.29 is 4.79 Å². The van der Waals surface area contributed by atoms with Crippen LogP contribution in [0.5, 0.6) is 0 Å². The van der Waals surface area contributed by atoms with E-state index in [9.17, 15) is 4.79 Å². The summed E-state index contributed by atoms with van der Waals surface area (Å²) in [7, 11) is 1.89. The maximum atomic E-state index is 12.6. The number of nitrogen functional groups attached to an aromatic ring is 1. The van der Waals surface area contributed by atoms with Crippen molar-refractivity contribution in [2.24, 2.45) is 0 Å². The number of anilines is 1. The van der Waals surface area contributed by atoms with Crippen molar-refractivity contribution >= 4 is 11.6 Å². The van der Waals surface area contributed by atoms with E-state index < -0.39 is 0 Å². The number of nitrogens with two attached hydrogens (primary N) is 1. The first-order valence-electron chi connectivity index (χ1n) is 7.52. The molecule has 0 spiro atoms. The second-order valence-corrected chi connectivity index (χ2v) is 5.56. The Labute approximate surface area is 121 Å². The lowest BCUT2D eigenvalue weighted by molar-refractivity contribution is 0.0744. The lowest BCUT2D eigenvalue weighted by Crippen LogP contribution is -2.41. The summed E-state index contributed by atoms with van der Waals surface area (Å²) in [4.78, 5) is 16.8. The molecule has 1 atom stereocenters. The van der Waals surface area contributed by atoms with Gasteiger partial charge in [0.2, 0.25) is 0 Å². The van der Waals surface area contributed by atoms with Gasteiger partial charge in [-0.15, -0.1) is 0 Å². The second kappa shape index (κ2) is 6.31. The zero-order valence-corrected chi connectivity index (χ0v) is 12.8. The van der Waals surface area contributed by atoms with Crippen molar-refractivity contribution in [2.75, 3.05) is 32.4 Å². The molecule has 1 saturated heterocycles. The van der Waals surface area contributed by atoms with Crippen LogP contribution in [0, 0.1) is 0 Å². The average molecular weight is 278 g/mol. The van der Waals surface area contributed by atoms with Crippen LogP contribution in [0.25, 0.3) is 0 Å². The van der Waals surface area contributed by atoms with E-state index in [4.69, 9.17) is 5.73 Å². The number of likely N-dealkylation sites (N-methyl/N-ethyl adjacent to an activating group) is 2. The lowest BCUT2D eigenvalue weighted by Gasteiger charge is -2.28. The van der Waals surface area contributed by atoms with Crippen LogP contribution < -0.4 is 5.73 Å². The molecule has 2 heterocycles. The van der Waals surface area contributed by atoms with Gasteiger partial charge in [-0.25, -0.2) is 0 Å². The van der Waals surface area contributed by atoms with Crippen molar-refractivity contribution in [3.8, 4) is 0 Å². The van der Waals surface area contributed by atoms with Crippen LogP contribution in [0.1, 0.15) is 37.2 Å². The molecule has 1 aromatic heterocycles. The minimum Gasteiger partial charge on any atom is -0.397 e. The molecule has 5 heteroatoms. The number of nitrogens with zero attached hydrogens (tertiary/aromatic N) is 3. The van der Waals surface area contributed by atoms with E-state index in [2.05, 4.69) is 11.8 Å². The Morgan fingerprint density at radius 3 is 2.85 bits per heavy atom. The third-order valence-corrected chi connectivity index (χ3v) is 4.21. The van der Waals surface area contributed by atoms with E-state index in [1.165, 1.54) is 12.8 Å². The van der Waals surface area contributed by atoms with Crippen LogP contribution in [0.2, 0.25) is 0 Å². The van der Waals surface area contributed by atoms with Crippen LogP contribution in [-0.4, -0.2) is 53.0 Å². The fraction of sp³-hybridized carbons (Fsp3) is 0.667. The fourth-order valence-corrected chi connectivity index (χ4v) is 3.09. The summed E-state index contributed by atoms with van der Waals surface area (Å²) in [6, 6.07) is 2.27. The summed E-state index contributed by atoms with van der Waals surface area (Å²) < 4.78 is 1.92. The molecule has 0 bridgehead atoms. The number of aryl methyl sites for hydroxylation is 1. The van der Waals surface area contributed by atoms with Gasteiger partial charge in [0.05, 0.1) is 5.69 Å². The molecular formula is C15H26N4O. The summed E-state index contributed by atoms with van der Waals surface area (Å²) in [5.41, 5.74) is 7.14. The number of aromatic nitrogens is 1. The molecule has 112 valence electrons. The molecule has 2 N–H and O–H groups in total. The van der Waals surface area contributed by atoms with E-state index in [0.29, 0.717) is 17.4 Å². The molecule has 1 unspecified atom stereocenters. The van der Waals surface area contributed by atoms with Gasteiger partial charge in [-0.2, -0.15) is 0 Å². The first-order valence-corrected chi connectivity index (χ1v) is 7.52. The number of likely N-dealkylation sites (tertiary alicyclic amines) is 1. The monoisotopic (exact) mass is 278 g/mol. The highest BCUT2D eigenvalue weighted by Crippen LogP contribution is 2.19. The second-order valence-electron chi connectivity index (χ2n) is 5.56. The Bertz CT molecular complexity index is 468. The molecule has 1 aliphatic heterocycles. The van der Waals surface area contributed by atoms with Gasteiger partial charge in [-0.1, -0.05) is 6.92 Å². The van der Waals surface area contributed by atoms with Gasteiger partial charge in [0, 0.05) is 32.4 Å². The molecule has 1 aromatic rings. The number of carbonyl (C=O) groups excluding carboxylic acids is 1. The molecule has 2 rings (SSSR count). The lowest BCUT2D eigenvalue weighted by atomic mass is 10.2. The first-order chi connectivity index (χ1) is 9.56. The van der Waals surface area contributed by atoms with Gasteiger partial charge in [-0.05, 0) is 38.9 Å². The Morgan fingerprint density at radius 2 is 2.20 bits per heavy atom. The smallest absolute Gasteiger partial charge is 0.270 e. The van der Waals surface area contributed by atoms with Gasteiger partial charge in [0.25, 0.3) is 5.91 Å². The SMILES string of the molecule is CCN1CCCC1CN(C)C(=O)c1cc(N)cn1CC. The van der Waals surface area contributed by atoms with E-state index in [1.54, 1.807) is 6.07 Å². The number of carbonyl (C=O) groups is 1. The summed E-state index contributed by atoms with van der Waals surface area (Å²) in [5.74, 6) is 0.0616. The molecule has 20 heavy (non-hydrogen) atoms. The first kappa shape index (κ1) is 14.9. The van der Waals surface area contributed by atoms with Crippen molar-refractivity contribution in [1.82, 2.24) is 14.4 Å². The Kier molecular flexibility index (Phi) is 4.70. The number of rotatable bonds is 5. The van der Waals surface area contributed by atoms with Crippen LogP contribution >= 0.6 is 0 Å². The Hall–Kier alpha value is -1.49. The molecule has 0 aromatic carbocycles. The highest BCUT2D eigenvalue weighted by atomic mass is 16.2. The van der Waals surface area contributed by atoms with Crippen LogP contribution in [-0.2, 0) is 6.54 Å². The van der Waals surface area contributed by atoms with E-state index in [1.807, 2.05) is 29.6 Å². The highest BCUT2D eigenvalue weighted by molar-refractivity contribution is 5.93. The van der Waals surface area contributed by atoms with E-state index >= 15 is 0 Å². The predicted octanol–water partition coefficient (Wildman–Crippen LogP) is 1.65. The number of hydrogen-bond acceptors (Lipinski definition) is 3. The highest BCUT2D eigenvalue weighted by Gasteiger charge is 2.26. The zero-order valence-electron chi connectivity index (χ0n) is 12.8. The number of amides is 1. The molecule has 0 aliphatic carbocycles. The number of hydrogen-bond donors (Lipinski definition) is 1. The molecule has 1 amide bonds. The van der Waals surface area contributed by atoms with Crippen molar-refractivity contribution in [3.63, 3.8) is 0 Å². The third kappa shape index (κ3) is 2.98. The molecule has 1 fully saturated rings. The minimum absolute atomic E-state index is 0.0616. The molecule has 1 aliphatic rings. The van der Waals surface area contributed by atoms with Crippen molar-refractivity contribution in [1.29, 1.82) is 0 Å². The Balaban J connectivity index is 2.04. The van der Waals surface area contributed by atoms with Crippen LogP contribution in [0.4, 0.5) is 5.69 Å². The molecule has 0 saturated carbocycles. The van der Waals surface area contributed by atoms with Crippen LogP contribution in [0.3, 0.4) is 0 Å². The summed E-state index contributed by atoms with van der Waals surface area (Å²) in [6.45, 7) is 7.97. The van der Waals surface area contributed by atoms with Crippen LogP contribution in [0.15, 0.2) is 12.3 Å². The van der Waals surface area contributed by atoms with Gasteiger partial charge in [-0.3, -0.25) is 9.69 Å². The summed E-state index contributed by atoms with van der Waals surface area (Å²) in [5, 5.41) is 0. The zero-order chi connectivity index (χ0) is 14.7. The maximum absolute atomic E-state index is 12.6. The summed E-state index contributed by atoms with van der Waals surface area (Å²) >= 11 is 0. The van der Waals surface area contributed by atoms with E-state index in [-0.39, 0.29) is 5.91 Å². The largest absolute Gasteiger partial charge is 0.397 e. The molecular weight excluding hydrogens is 252 g/mol. The standard InChI is InChI=1S/C15H26N4O/c1-4-18-8-6-7-13(18)11-17(3)15(20)14-9-12(16)10-19(14)5-2/h9-10,13H,4-8,11,16H2,1-3H3. The summed E-state index contributed by atoms with van der Waals surface area (Å²) in [6.07, 6.45) is 4.25.